The Hall–Kier alpha value is -2.91. The summed E-state index contributed by atoms with van der Waals surface area (Å²) in [5.74, 6) is 0.131. The van der Waals surface area contributed by atoms with Crippen LogP contribution < -0.4 is 0 Å². The Labute approximate surface area is 278 Å². The predicted octanol–water partition coefficient (Wildman–Crippen LogP) is 7.84. The van der Waals surface area contributed by atoms with Gasteiger partial charge in [-0.2, -0.15) is 0 Å². The van der Waals surface area contributed by atoms with Crippen LogP contribution in [0.5, 0.6) is 0 Å². The first kappa shape index (κ1) is 43.1. The average molecular weight is 650 g/mol. The predicted molar refractivity (Wildman–Crippen MR) is 183 cm³/mol. The Balaban J connectivity index is 0.00000120. The van der Waals surface area contributed by atoms with E-state index in [0.717, 1.165) is 32.1 Å². The smallest absolute Gasteiger partial charge is 0.306 e. The highest BCUT2D eigenvalue weighted by atomic mass is 16.5. The molecule has 1 unspecified atom stereocenters. The molecule has 2 N–H and O–H groups in total. The van der Waals surface area contributed by atoms with E-state index in [0.29, 0.717) is 32.6 Å². The molecule has 1 amide bonds. The highest BCUT2D eigenvalue weighted by Crippen LogP contribution is 2.27. The fourth-order valence-electron chi connectivity index (χ4n) is 5.05. The van der Waals surface area contributed by atoms with E-state index in [9.17, 15) is 19.5 Å². The molecule has 2 heterocycles. The molecule has 1 aromatic rings. The highest BCUT2D eigenvalue weighted by molar-refractivity contribution is 5.91. The molecule has 0 bridgehead atoms. The van der Waals surface area contributed by atoms with Gasteiger partial charge in [-0.3, -0.25) is 14.4 Å². The van der Waals surface area contributed by atoms with Crippen LogP contribution in [0.4, 0.5) is 0 Å². The summed E-state index contributed by atoms with van der Waals surface area (Å²) in [4.78, 5) is 36.1. The topological polar surface area (TPSA) is 127 Å². The number of esters is 2. The van der Waals surface area contributed by atoms with Gasteiger partial charge in [0.25, 0.3) is 0 Å². The minimum atomic E-state index is -1.36. The number of allylic oxidation sites excluding steroid dienone is 2. The van der Waals surface area contributed by atoms with Crippen LogP contribution in [-0.4, -0.2) is 65.6 Å². The Bertz CT molecular complexity index is 943. The van der Waals surface area contributed by atoms with Gasteiger partial charge in [0.15, 0.2) is 5.72 Å². The van der Waals surface area contributed by atoms with Gasteiger partial charge in [0, 0.05) is 32.6 Å². The van der Waals surface area contributed by atoms with Gasteiger partial charge in [-0.05, 0) is 64.2 Å². The summed E-state index contributed by atoms with van der Waals surface area (Å²) in [7, 11) is 1.00. The summed E-state index contributed by atoms with van der Waals surface area (Å²) in [6.45, 7) is 7.10. The number of carbonyl (C=O) groups is 3. The Morgan fingerprint density at radius 2 is 1.37 bits per heavy atom. The number of rotatable bonds is 24. The molecule has 1 aromatic heterocycles. The third-order valence-corrected chi connectivity index (χ3v) is 7.58. The summed E-state index contributed by atoms with van der Waals surface area (Å²) >= 11 is 0. The number of unbranched alkanes of at least 4 members (excludes halogenated alkanes) is 12. The number of ether oxygens (including phenoxy) is 2. The number of hydrogen-bond acceptors (Lipinski definition) is 8. The number of aliphatic hydroxyl groups is 2. The first-order valence-electron chi connectivity index (χ1n) is 17.5. The monoisotopic (exact) mass is 649 g/mol. The van der Waals surface area contributed by atoms with E-state index in [4.69, 9.17) is 19.0 Å². The van der Waals surface area contributed by atoms with Crippen molar-refractivity contribution in [3.05, 3.63) is 48.5 Å². The van der Waals surface area contributed by atoms with E-state index in [1.165, 1.54) is 87.7 Å². The average Bonchev–Trinajstić information content (AvgIpc) is 3.68. The standard InChI is InChI=1S/C27H47NO4.C9H12O3.CH4O/c1-3-5-6-7-8-9-10-11-12-13-14-15-16-17-18-19-24-28-25(29)20-22-27(28,31)23-21-26(30)32-4-2;1-2-11-9(10)6-5-8-4-3-7-12-8;1-2/h11-12,20,22,31H,3-10,13-19,21,23-24H2,1-2H3;3-4,7H,2,5-6H2,1H3;2H,1H3/b12-11-;;. The first-order chi connectivity index (χ1) is 22.4. The molecule has 264 valence electrons. The lowest BCUT2D eigenvalue weighted by Gasteiger charge is -2.33. The molecule has 0 saturated heterocycles. The largest absolute Gasteiger partial charge is 0.469 e. The van der Waals surface area contributed by atoms with E-state index in [-0.39, 0.29) is 30.7 Å². The third kappa shape index (κ3) is 21.8. The molecule has 0 aliphatic carbocycles. The van der Waals surface area contributed by atoms with Crippen LogP contribution in [-0.2, 0) is 30.3 Å². The molecule has 0 spiro atoms. The molecular formula is C37H63NO8. The molecule has 9 nitrogen and oxygen atoms in total. The summed E-state index contributed by atoms with van der Waals surface area (Å²) in [6.07, 6.45) is 27.8. The van der Waals surface area contributed by atoms with Gasteiger partial charge in [-0.25, -0.2) is 0 Å². The van der Waals surface area contributed by atoms with Crippen LogP contribution in [0.15, 0.2) is 47.1 Å². The summed E-state index contributed by atoms with van der Waals surface area (Å²) < 4.78 is 14.7. The van der Waals surface area contributed by atoms with Crippen molar-refractivity contribution in [1.29, 1.82) is 0 Å². The van der Waals surface area contributed by atoms with Gasteiger partial charge in [-0.1, -0.05) is 76.9 Å². The highest BCUT2D eigenvalue weighted by Gasteiger charge is 2.39. The van der Waals surface area contributed by atoms with Gasteiger partial charge in [0.2, 0.25) is 5.91 Å². The van der Waals surface area contributed by atoms with Crippen molar-refractivity contribution in [2.24, 2.45) is 0 Å². The first-order valence-corrected chi connectivity index (χ1v) is 17.5. The van der Waals surface area contributed by atoms with Crippen LogP contribution in [0.25, 0.3) is 0 Å². The number of aliphatic hydroxyl groups excluding tert-OH is 1. The Morgan fingerprint density at radius 3 is 1.91 bits per heavy atom. The fourth-order valence-corrected chi connectivity index (χ4v) is 5.05. The van der Waals surface area contributed by atoms with Crippen LogP contribution in [0.1, 0.15) is 136 Å². The van der Waals surface area contributed by atoms with E-state index >= 15 is 0 Å². The van der Waals surface area contributed by atoms with E-state index < -0.39 is 5.72 Å². The fraction of sp³-hybridized carbons (Fsp3) is 0.703. The number of nitrogens with zero attached hydrogens (tertiary/aromatic N) is 1. The molecule has 0 radical (unpaired) electrons. The number of hydrogen-bond donors (Lipinski definition) is 2. The molecule has 1 aliphatic heterocycles. The van der Waals surface area contributed by atoms with Gasteiger partial charge in [-0.15, -0.1) is 0 Å². The molecule has 46 heavy (non-hydrogen) atoms. The zero-order valence-corrected chi connectivity index (χ0v) is 29.2. The third-order valence-electron chi connectivity index (χ3n) is 7.58. The maximum Gasteiger partial charge on any atom is 0.306 e. The molecule has 0 saturated carbocycles. The lowest BCUT2D eigenvalue weighted by atomic mass is 10.1. The van der Waals surface area contributed by atoms with Crippen molar-refractivity contribution in [3.8, 4) is 0 Å². The maximum absolute atomic E-state index is 12.1. The summed E-state index contributed by atoms with van der Waals surface area (Å²) in [5.41, 5.74) is -1.36. The number of carbonyl (C=O) groups excluding carboxylic acids is 3. The lowest BCUT2D eigenvalue weighted by molar-refractivity contribution is -0.151. The lowest BCUT2D eigenvalue weighted by Crippen LogP contribution is -2.47. The maximum atomic E-state index is 12.1. The van der Waals surface area contributed by atoms with Gasteiger partial charge in [0.1, 0.15) is 5.76 Å². The van der Waals surface area contributed by atoms with Crippen molar-refractivity contribution in [2.45, 2.75) is 142 Å². The SMILES string of the molecule is CCCCCCCC/C=C\CCCCCCCCN1C(=O)C=CC1(O)CCC(=O)OCC.CCOC(=O)CCc1ccco1.CO. The van der Waals surface area contributed by atoms with Crippen molar-refractivity contribution in [2.75, 3.05) is 26.9 Å². The normalized spacial score (nSPS) is 15.3. The van der Waals surface area contributed by atoms with Crippen molar-refractivity contribution >= 4 is 17.8 Å². The van der Waals surface area contributed by atoms with Crippen molar-refractivity contribution in [3.63, 3.8) is 0 Å². The number of amides is 1. The van der Waals surface area contributed by atoms with Crippen LogP contribution >= 0.6 is 0 Å². The van der Waals surface area contributed by atoms with Crippen molar-refractivity contribution < 1.29 is 38.5 Å². The van der Waals surface area contributed by atoms with Crippen LogP contribution in [0.2, 0.25) is 0 Å². The molecule has 1 aliphatic rings. The second-order valence-electron chi connectivity index (χ2n) is 11.3. The summed E-state index contributed by atoms with van der Waals surface area (Å²) in [5, 5.41) is 17.8. The molecular weight excluding hydrogens is 586 g/mol. The molecule has 9 heteroatoms. The second kappa shape index (κ2) is 29.5. The minimum Gasteiger partial charge on any atom is -0.469 e. The minimum absolute atomic E-state index is 0.103. The van der Waals surface area contributed by atoms with E-state index in [1.54, 1.807) is 26.2 Å². The van der Waals surface area contributed by atoms with Gasteiger partial charge in [0.05, 0.1) is 32.3 Å². The molecule has 0 fully saturated rings. The quantitative estimate of drug-likeness (QED) is 0.0659. The second-order valence-corrected chi connectivity index (χ2v) is 11.3. The van der Waals surface area contributed by atoms with Gasteiger partial charge >= 0.3 is 11.9 Å². The Morgan fingerprint density at radius 1 is 0.826 bits per heavy atom. The van der Waals surface area contributed by atoms with Gasteiger partial charge < -0.3 is 29.0 Å². The van der Waals surface area contributed by atoms with Crippen molar-refractivity contribution in [1.82, 2.24) is 4.90 Å². The Kier molecular flexibility index (Phi) is 27.6. The van der Waals surface area contributed by atoms with Crippen LogP contribution in [0, 0.1) is 0 Å². The zero-order valence-electron chi connectivity index (χ0n) is 29.2. The van der Waals surface area contributed by atoms with Crippen LogP contribution in [0.3, 0.4) is 0 Å². The summed E-state index contributed by atoms with van der Waals surface area (Å²) in [6, 6.07) is 3.65. The van der Waals surface area contributed by atoms with E-state index in [1.807, 2.05) is 6.07 Å². The molecule has 1 atom stereocenters. The number of furan rings is 1. The molecule has 0 aromatic carbocycles. The molecule has 2 rings (SSSR count). The van der Waals surface area contributed by atoms with E-state index in [2.05, 4.69) is 19.1 Å². The number of aryl methyl sites for hydroxylation is 1. The zero-order chi connectivity index (χ0) is 34.3.